The smallest absolute Gasteiger partial charge is 0.256 e. The number of benzene rings is 1. The van der Waals surface area contributed by atoms with Crippen molar-refractivity contribution in [3.63, 3.8) is 0 Å². The van der Waals surface area contributed by atoms with Crippen molar-refractivity contribution >= 4 is 44.8 Å². The molecule has 2 N–H and O–H groups in total. The van der Waals surface area contributed by atoms with E-state index in [4.69, 9.17) is 9.47 Å². The van der Waals surface area contributed by atoms with Crippen molar-refractivity contribution < 1.29 is 14.3 Å². The molecule has 2 aromatic rings. The second-order valence-corrected chi connectivity index (χ2v) is 9.11. The number of hydrogen-bond donors (Lipinski definition) is 2. The molecule has 1 amide bonds. The normalized spacial score (nSPS) is 21.3. The number of ether oxygens (including phenoxy) is 2. The fourth-order valence-electron chi connectivity index (χ4n) is 3.73. The molecule has 5 nitrogen and oxygen atoms in total. The number of amides is 1. The van der Waals surface area contributed by atoms with Gasteiger partial charge in [0.2, 0.25) is 0 Å². The number of hydrogen-bond acceptors (Lipinski definition) is 5. The second-order valence-electron chi connectivity index (χ2n) is 6.84. The summed E-state index contributed by atoms with van der Waals surface area (Å²) < 4.78 is 11.8. The molecule has 0 spiro atoms. The Morgan fingerprint density at radius 1 is 1.23 bits per heavy atom. The molecule has 0 bridgehead atoms. The number of thiophene rings is 1. The number of rotatable bonds is 3. The number of methoxy groups -OCH3 is 2. The number of nitrogens with one attached hydrogen (secondary N) is 2. The summed E-state index contributed by atoms with van der Waals surface area (Å²) in [7, 11) is 3.25. The van der Waals surface area contributed by atoms with E-state index in [2.05, 4.69) is 40.1 Å². The molecule has 1 aliphatic carbocycles. The highest BCUT2D eigenvalue weighted by Crippen LogP contribution is 2.43. The van der Waals surface area contributed by atoms with Crippen molar-refractivity contribution in [2.45, 2.75) is 32.4 Å². The van der Waals surface area contributed by atoms with Crippen LogP contribution in [-0.4, -0.2) is 20.1 Å². The van der Waals surface area contributed by atoms with Crippen LogP contribution in [0, 0.1) is 9.49 Å². The van der Waals surface area contributed by atoms with Gasteiger partial charge >= 0.3 is 0 Å². The van der Waals surface area contributed by atoms with Gasteiger partial charge in [0.15, 0.2) is 11.5 Å². The van der Waals surface area contributed by atoms with Crippen LogP contribution in [-0.2, 0) is 12.8 Å². The summed E-state index contributed by atoms with van der Waals surface area (Å²) in [6.07, 6.45) is 2.94. The standard InChI is InChI=1S/C19H21IN2O3S/c1-9-4-5-11-14(6-9)26-19-15(11)18(23)21-17(22-19)10-7-12(20)16(25-3)13(8-10)24-2/h7-9,17,22H,4-6H2,1-3H3,(H,21,23)/t9-,17-/m1/s1. The fraction of sp³-hybridized carbons (Fsp3) is 0.421. The third-order valence-electron chi connectivity index (χ3n) is 5.08. The first kappa shape index (κ1) is 17.9. The topological polar surface area (TPSA) is 59.6 Å². The van der Waals surface area contributed by atoms with Crippen LogP contribution in [0.5, 0.6) is 11.5 Å². The highest BCUT2D eigenvalue weighted by molar-refractivity contribution is 14.1. The van der Waals surface area contributed by atoms with Crippen LogP contribution in [0.1, 0.15) is 45.9 Å². The van der Waals surface area contributed by atoms with Crippen LogP contribution >= 0.6 is 33.9 Å². The Kier molecular flexibility index (Phi) is 4.77. The molecule has 26 heavy (non-hydrogen) atoms. The van der Waals surface area contributed by atoms with Gasteiger partial charge in [-0.1, -0.05) is 6.92 Å². The van der Waals surface area contributed by atoms with E-state index in [9.17, 15) is 4.79 Å². The number of anilines is 1. The molecule has 0 saturated carbocycles. The molecule has 7 heteroatoms. The second kappa shape index (κ2) is 6.92. The van der Waals surface area contributed by atoms with E-state index in [1.165, 1.54) is 10.4 Å². The lowest BCUT2D eigenvalue weighted by Crippen LogP contribution is -2.38. The summed E-state index contributed by atoms with van der Waals surface area (Å²) in [4.78, 5) is 14.2. The van der Waals surface area contributed by atoms with E-state index < -0.39 is 0 Å². The van der Waals surface area contributed by atoms with Gasteiger partial charge in [-0.3, -0.25) is 4.79 Å². The average molecular weight is 484 g/mol. The number of carbonyl (C=O) groups excluding carboxylic acids is 1. The molecule has 2 heterocycles. The Morgan fingerprint density at radius 3 is 2.77 bits per heavy atom. The van der Waals surface area contributed by atoms with Crippen LogP contribution in [0.25, 0.3) is 0 Å². The van der Waals surface area contributed by atoms with Gasteiger partial charge in [0.05, 0.1) is 23.4 Å². The quantitative estimate of drug-likeness (QED) is 0.637. The van der Waals surface area contributed by atoms with Crippen LogP contribution in [0.4, 0.5) is 5.00 Å². The molecule has 2 aliphatic rings. The Bertz CT molecular complexity index is 880. The third-order valence-corrected chi connectivity index (χ3v) is 7.07. The maximum atomic E-state index is 12.8. The minimum absolute atomic E-state index is 0.0144. The molecule has 0 unspecified atom stereocenters. The fourth-order valence-corrected chi connectivity index (χ4v) is 6.02. The van der Waals surface area contributed by atoms with Gasteiger partial charge in [-0.15, -0.1) is 11.3 Å². The first-order valence-corrected chi connectivity index (χ1v) is 10.5. The molecule has 1 aromatic carbocycles. The van der Waals surface area contributed by atoms with Crippen molar-refractivity contribution in [3.05, 3.63) is 37.3 Å². The Morgan fingerprint density at radius 2 is 2.04 bits per heavy atom. The lowest BCUT2D eigenvalue weighted by molar-refractivity contribution is 0.0935. The molecular weight excluding hydrogens is 463 g/mol. The maximum absolute atomic E-state index is 12.8. The van der Waals surface area contributed by atoms with Crippen molar-refractivity contribution in [1.82, 2.24) is 5.32 Å². The highest BCUT2D eigenvalue weighted by atomic mass is 127. The number of fused-ring (bicyclic) bond motifs is 3. The zero-order chi connectivity index (χ0) is 18.4. The first-order valence-electron chi connectivity index (χ1n) is 8.65. The highest BCUT2D eigenvalue weighted by Gasteiger charge is 2.33. The zero-order valence-corrected chi connectivity index (χ0v) is 17.9. The van der Waals surface area contributed by atoms with Crippen LogP contribution in [0.3, 0.4) is 0 Å². The predicted molar refractivity (Wildman–Crippen MR) is 112 cm³/mol. The van der Waals surface area contributed by atoms with Gasteiger partial charge in [0, 0.05) is 4.88 Å². The zero-order valence-electron chi connectivity index (χ0n) is 14.9. The van der Waals surface area contributed by atoms with Crippen LogP contribution < -0.4 is 20.1 Å². The molecular formula is C19H21IN2O3S. The van der Waals surface area contributed by atoms with Gasteiger partial charge in [0.25, 0.3) is 5.91 Å². The monoisotopic (exact) mass is 484 g/mol. The number of halogens is 1. The summed E-state index contributed by atoms with van der Waals surface area (Å²) in [5, 5.41) is 7.62. The summed E-state index contributed by atoms with van der Waals surface area (Å²) in [5.41, 5.74) is 3.04. The van der Waals surface area contributed by atoms with Gasteiger partial charge < -0.3 is 20.1 Å². The molecule has 0 fully saturated rings. The Balaban J connectivity index is 1.70. The SMILES string of the molecule is COc1cc([C@@H]2NC(=O)c3c(sc4c3CC[C@@H](C)C4)N2)cc(I)c1OC. The molecule has 1 aliphatic heterocycles. The lowest BCUT2D eigenvalue weighted by atomic mass is 9.88. The van der Waals surface area contributed by atoms with Crippen molar-refractivity contribution in [2.75, 3.05) is 19.5 Å². The van der Waals surface area contributed by atoms with E-state index >= 15 is 0 Å². The molecule has 1 aromatic heterocycles. The molecule has 4 rings (SSSR count). The third kappa shape index (κ3) is 2.94. The van der Waals surface area contributed by atoms with Crippen molar-refractivity contribution in [2.24, 2.45) is 5.92 Å². The molecule has 0 radical (unpaired) electrons. The Hall–Kier alpha value is -1.48. The summed E-state index contributed by atoms with van der Waals surface area (Å²) in [6.45, 7) is 2.28. The maximum Gasteiger partial charge on any atom is 0.256 e. The lowest BCUT2D eigenvalue weighted by Gasteiger charge is -2.27. The van der Waals surface area contributed by atoms with Gasteiger partial charge in [-0.25, -0.2) is 0 Å². The van der Waals surface area contributed by atoms with E-state index in [-0.39, 0.29) is 12.1 Å². The van der Waals surface area contributed by atoms with Crippen LogP contribution in [0.2, 0.25) is 0 Å². The Labute approximate surface area is 170 Å². The summed E-state index contributed by atoms with van der Waals surface area (Å²) >= 11 is 3.96. The predicted octanol–water partition coefficient (Wildman–Crippen LogP) is 4.35. The summed E-state index contributed by atoms with van der Waals surface area (Å²) in [6, 6.07) is 3.93. The molecule has 0 saturated heterocycles. The largest absolute Gasteiger partial charge is 0.493 e. The first-order chi connectivity index (χ1) is 12.5. The van der Waals surface area contributed by atoms with Crippen molar-refractivity contribution in [1.29, 1.82) is 0 Å². The minimum Gasteiger partial charge on any atom is -0.493 e. The van der Waals surface area contributed by atoms with Crippen LogP contribution in [0.15, 0.2) is 12.1 Å². The van der Waals surface area contributed by atoms with Gasteiger partial charge in [-0.05, 0) is 71.0 Å². The molecule has 138 valence electrons. The minimum atomic E-state index is -0.277. The van der Waals surface area contributed by atoms with E-state index in [0.717, 1.165) is 39.0 Å². The van der Waals surface area contributed by atoms with Gasteiger partial charge in [-0.2, -0.15) is 0 Å². The van der Waals surface area contributed by atoms with E-state index in [1.807, 2.05) is 12.1 Å². The molecule has 2 atom stereocenters. The number of carbonyl (C=O) groups is 1. The van der Waals surface area contributed by atoms with Gasteiger partial charge in [0.1, 0.15) is 11.2 Å². The van der Waals surface area contributed by atoms with E-state index in [1.54, 1.807) is 25.6 Å². The summed E-state index contributed by atoms with van der Waals surface area (Å²) in [5.74, 6) is 2.07. The van der Waals surface area contributed by atoms with Crippen molar-refractivity contribution in [3.8, 4) is 11.5 Å². The van der Waals surface area contributed by atoms with E-state index in [0.29, 0.717) is 17.4 Å². The average Bonchev–Trinajstić information content (AvgIpc) is 2.98.